The van der Waals surface area contributed by atoms with Gasteiger partial charge in [0.05, 0.1) is 21.3 Å². The summed E-state index contributed by atoms with van der Waals surface area (Å²) in [5.41, 5.74) is 0. The van der Waals surface area contributed by atoms with Crippen LogP contribution in [0.25, 0.3) is 0 Å². The molecule has 0 radical (unpaired) electrons. The minimum absolute atomic E-state index is 0. The topological polar surface area (TPSA) is 67.8 Å². The Morgan fingerprint density at radius 2 is 1.65 bits per heavy atom. The van der Waals surface area contributed by atoms with Crippen LogP contribution in [0.2, 0.25) is 0 Å². The number of hydrogen-bond donors (Lipinski definition) is 0. The average Bonchev–Trinajstić information content (AvgIpc) is 2.53. The Labute approximate surface area is 170 Å². The molecular formula is C14H21NaO5S3. The third-order valence-corrected chi connectivity index (χ3v) is 5.97. The fraction of sp³-hybridized carbons (Fsp3) is 0.571. The zero-order valence-corrected chi connectivity index (χ0v) is 18.4. The van der Waals surface area contributed by atoms with E-state index < -0.39 is 11.1 Å². The summed E-state index contributed by atoms with van der Waals surface area (Å²) in [5.74, 6) is 3.31. The van der Waals surface area contributed by atoms with Crippen LogP contribution in [0.15, 0.2) is 17.0 Å². The zero-order chi connectivity index (χ0) is 16.4. The summed E-state index contributed by atoms with van der Waals surface area (Å²) in [7, 11) is 8.13. The van der Waals surface area contributed by atoms with Gasteiger partial charge in [0.1, 0.15) is 22.1 Å². The molecule has 0 saturated carbocycles. The molecule has 1 aromatic carbocycles. The van der Waals surface area contributed by atoms with E-state index in [1.54, 1.807) is 42.9 Å². The van der Waals surface area contributed by atoms with Crippen LogP contribution in [0.4, 0.5) is 0 Å². The van der Waals surface area contributed by atoms with Crippen molar-refractivity contribution >= 4 is 32.7 Å². The quantitative estimate of drug-likeness (QED) is 0.237. The molecule has 126 valence electrons. The first-order valence-corrected chi connectivity index (χ1v) is 10.3. The van der Waals surface area contributed by atoms with Crippen LogP contribution in [0.1, 0.15) is 19.3 Å². The van der Waals surface area contributed by atoms with Crippen molar-refractivity contribution in [2.24, 2.45) is 0 Å². The van der Waals surface area contributed by atoms with Crippen LogP contribution in [-0.2, 0) is 11.1 Å². The summed E-state index contributed by atoms with van der Waals surface area (Å²) in [6.45, 7) is 0. The molecule has 23 heavy (non-hydrogen) atoms. The van der Waals surface area contributed by atoms with Crippen molar-refractivity contribution in [2.75, 3.05) is 32.8 Å². The molecule has 0 spiro atoms. The zero-order valence-electron chi connectivity index (χ0n) is 14.0. The van der Waals surface area contributed by atoms with Gasteiger partial charge >= 0.3 is 29.6 Å². The predicted molar refractivity (Wildman–Crippen MR) is 92.1 cm³/mol. The number of methoxy groups -OCH3 is 3. The van der Waals surface area contributed by atoms with Crippen LogP contribution in [0, 0.1) is 0 Å². The summed E-state index contributed by atoms with van der Waals surface area (Å²) in [6.07, 6.45) is 2.62. The van der Waals surface area contributed by atoms with E-state index in [0.29, 0.717) is 5.75 Å². The Morgan fingerprint density at radius 3 is 2.13 bits per heavy atom. The van der Waals surface area contributed by atoms with Crippen molar-refractivity contribution in [1.29, 1.82) is 0 Å². The van der Waals surface area contributed by atoms with Crippen molar-refractivity contribution in [2.45, 2.75) is 24.2 Å². The minimum Gasteiger partial charge on any atom is -0.772 e. The first-order chi connectivity index (χ1) is 10.6. The first-order valence-electron chi connectivity index (χ1n) is 6.77. The summed E-state index contributed by atoms with van der Waals surface area (Å²) >= 11 is -1.92. The Bertz CT molecular complexity index is 462. The molecule has 5 nitrogen and oxygen atoms in total. The molecule has 0 fully saturated rings. The van der Waals surface area contributed by atoms with Gasteiger partial charge in [0, 0.05) is 23.6 Å². The van der Waals surface area contributed by atoms with Gasteiger partial charge in [0.25, 0.3) is 0 Å². The van der Waals surface area contributed by atoms with E-state index in [0.717, 1.165) is 41.4 Å². The largest absolute Gasteiger partial charge is 1.00 e. The van der Waals surface area contributed by atoms with Gasteiger partial charge in [0.15, 0.2) is 0 Å². The van der Waals surface area contributed by atoms with Gasteiger partial charge < -0.3 is 18.8 Å². The monoisotopic (exact) mass is 388 g/mol. The second-order valence-electron chi connectivity index (χ2n) is 4.33. The van der Waals surface area contributed by atoms with Crippen molar-refractivity contribution in [3.63, 3.8) is 0 Å². The predicted octanol–water partition coefficient (Wildman–Crippen LogP) is 0.506. The van der Waals surface area contributed by atoms with E-state index >= 15 is 0 Å². The second-order valence-corrected chi connectivity index (χ2v) is 7.78. The third kappa shape index (κ3) is 8.90. The van der Waals surface area contributed by atoms with Gasteiger partial charge in [0.2, 0.25) is 0 Å². The number of benzene rings is 1. The van der Waals surface area contributed by atoms with Crippen LogP contribution in [0.5, 0.6) is 17.2 Å². The van der Waals surface area contributed by atoms with E-state index in [2.05, 4.69) is 0 Å². The van der Waals surface area contributed by atoms with Crippen molar-refractivity contribution in [1.82, 2.24) is 0 Å². The van der Waals surface area contributed by atoms with Crippen LogP contribution in [0.3, 0.4) is 0 Å². The van der Waals surface area contributed by atoms with Gasteiger partial charge in [-0.1, -0.05) is 28.3 Å². The molecule has 0 heterocycles. The molecule has 1 atom stereocenters. The van der Waals surface area contributed by atoms with Crippen LogP contribution >= 0.6 is 21.6 Å². The number of rotatable bonds is 11. The smallest absolute Gasteiger partial charge is 0.772 e. The fourth-order valence-corrected chi connectivity index (χ4v) is 4.58. The number of unbranched alkanes of at least 4 members (excludes halogenated alkanes) is 2. The van der Waals surface area contributed by atoms with Gasteiger partial charge in [-0.15, -0.1) is 0 Å². The molecule has 1 unspecified atom stereocenters. The molecule has 0 aromatic heterocycles. The molecule has 0 bridgehead atoms. The molecule has 1 aromatic rings. The number of hydrogen-bond acceptors (Lipinski definition) is 7. The molecule has 0 aliphatic heterocycles. The van der Waals surface area contributed by atoms with Gasteiger partial charge in [-0.2, -0.15) is 0 Å². The van der Waals surface area contributed by atoms with E-state index in [1.165, 1.54) is 0 Å². The molecule has 0 aliphatic carbocycles. The Morgan fingerprint density at radius 1 is 1.04 bits per heavy atom. The van der Waals surface area contributed by atoms with Gasteiger partial charge in [-0.3, -0.25) is 4.21 Å². The van der Waals surface area contributed by atoms with Crippen LogP contribution < -0.4 is 43.8 Å². The van der Waals surface area contributed by atoms with Gasteiger partial charge in [-0.05, 0) is 23.6 Å². The van der Waals surface area contributed by atoms with E-state index in [1.807, 2.05) is 12.1 Å². The molecule has 9 heteroatoms. The Kier molecular flexibility index (Phi) is 13.9. The van der Waals surface area contributed by atoms with Crippen molar-refractivity contribution in [3.05, 3.63) is 12.1 Å². The van der Waals surface area contributed by atoms with E-state index in [4.69, 9.17) is 14.2 Å². The Hall–Kier alpha value is 0.430. The van der Waals surface area contributed by atoms with Crippen molar-refractivity contribution < 1.29 is 52.5 Å². The molecule has 1 rings (SSSR count). The minimum atomic E-state index is -1.92. The molecule has 0 amide bonds. The maximum absolute atomic E-state index is 10.4. The maximum atomic E-state index is 10.4. The summed E-state index contributed by atoms with van der Waals surface area (Å²) in [4.78, 5) is 0.927. The summed E-state index contributed by atoms with van der Waals surface area (Å²) in [6, 6.07) is 3.66. The van der Waals surface area contributed by atoms with Crippen molar-refractivity contribution in [3.8, 4) is 17.2 Å². The van der Waals surface area contributed by atoms with Crippen LogP contribution in [-0.4, -0.2) is 41.6 Å². The molecule has 0 saturated heterocycles. The number of ether oxygens (including phenoxy) is 3. The molecule has 0 N–H and O–H groups in total. The summed E-state index contributed by atoms with van der Waals surface area (Å²) in [5, 5.41) is 0. The first kappa shape index (κ1) is 23.4. The SMILES string of the molecule is COc1cc(OC)c(SSCCCCCS(=O)[O-])c(OC)c1.[Na+]. The van der Waals surface area contributed by atoms with E-state index in [9.17, 15) is 8.76 Å². The van der Waals surface area contributed by atoms with Gasteiger partial charge in [-0.25, -0.2) is 0 Å². The molecular weight excluding hydrogens is 367 g/mol. The Balaban J connectivity index is 0.00000484. The average molecular weight is 389 g/mol. The second kappa shape index (κ2) is 13.7. The maximum Gasteiger partial charge on any atom is 1.00 e. The third-order valence-electron chi connectivity index (χ3n) is 2.85. The van der Waals surface area contributed by atoms with E-state index in [-0.39, 0.29) is 35.3 Å². The normalized spacial score (nSPS) is 11.5. The molecule has 0 aliphatic rings. The fourth-order valence-electron chi connectivity index (χ4n) is 1.71. The summed E-state index contributed by atoms with van der Waals surface area (Å²) < 4.78 is 36.8. The standard InChI is InChI=1S/C14H22O5S3.Na/c1-17-11-9-12(18-2)14(13(10-11)19-3)21-20-7-5-4-6-8-22(15)16;/h9-10H,4-8H2,1-3H3,(H,15,16);/q;+1/p-1.